The maximum absolute atomic E-state index is 13.5. The largest absolute Gasteiger partial charge is 0.493 e. The van der Waals surface area contributed by atoms with Crippen LogP contribution in [0.25, 0.3) is 0 Å². The van der Waals surface area contributed by atoms with E-state index in [2.05, 4.69) is 26.6 Å². The third-order valence-electron chi connectivity index (χ3n) is 7.69. The molecule has 0 bridgehead atoms. The summed E-state index contributed by atoms with van der Waals surface area (Å²) in [5.41, 5.74) is 0.982. The number of hydrogen-bond donors (Lipinski definition) is 5. The minimum atomic E-state index is -1.34. The molecule has 0 unspecified atom stereocenters. The van der Waals surface area contributed by atoms with Gasteiger partial charge in [-0.1, -0.05) is 56.3 Å². The summed E-state index contributed by atoms with van der Waals surface area (Å²) in [7, 11) is 0. The highest BCUT2D eigenvalue weighted by atomic mass is 19.1. The number of carbonyl (C=O) groups excluding carboxylic acids is 5. The van der Waals surface area contributed by atoms with Gasteiger partial charge in [-0.3, -0.25) is 24.0 Å². The summed E-state index contributed by atoms with van der Waals surface area (Å²) in [6.45, 7) is 3.95. The van der Waals surface area contributed by atoms with Gasteiger partial charge in [0.1, 0.15) is 42.0 Å². The number of benzene rings is 3. The summed E-state index contributed by atoms with van der Waals surface area (Å²) >= 11 is 0. The molecule has 0 saturated heterocycles. The highest BCUT2D eigenvalue weighted by molar-refractivity contribution is 6.01. The predicted octanol–water partition coefficient (Wildman–Crippen LogP) is 2.28. The zero-order valence-corrected chi connectivity index (χ0v) is 27.5. The molecule has 260 valence electrons. The lowest BCUT2D eigenvalue weighted by Gasteiger charge is -2.26. The average molecular weight is 676 g/mol. The predicted molar refractivity (Wildman–Crippen MR) is 179 cm³/mol. The van der Waals surface area contributed by atoms with Crippen molar-refractivity contribution in [3.05, 3.63) is 95.8 Å². The Labute approximate surface area is 284 Å². The van der Waals surface area contributed by atoms with E-state index in [0.29, 0.717) is 12.2 Å². The fourth-order valence-electron chi connectivity index (χ4n) is 5.08. The highest BCUT2D eigenvalue weighted by Gasteiger charge is 2.31. The van der Waals surface area contributed by atoms with Gasteiger partial charge in [0.2, 0.25) is 23.6 Å². The van der Waals surface area contributed by atoms with E-state index in [0.717, 1.165) is 5.56 Å². The number of carbonyl (C=O) groups is 5. The molecule has 0 fully saturated rings. The summed E-state index contributed by atoms with van der Waals surface area (Å²) in [4.78, 5) is 67.0. The third-order valence-corrected chi connectivity index (χ3v) is 7.69. The van der Waals surface area contributed by atoms with Gasteiger partial charge in [-0.25, -0.2) is 4.39 Å². The second kappa shape index (κ2) is 18.2. The molecule has 3 aromatic carbocycles. The number of fused-ring (bicyclic) bond motifs is 1. The Morgan fingerprint density at radius 2 is 1.63 bits per heavy atom. The van der Waals surface area contributed by atoms with Crippen molar-refractivity contribution < 1.29 is 37.8 Å². The number of nitrogens with one attached hydrogen (secondary N) is 5. The molecule has 13 heteroatoms. The summed E-state index contributed by atoms with van der Waals surface area (Å²) in [5, 5.41) is 13.6. The van der Waals surface area contributed by atoms with E-state index in [1.165, 1.54) is 30.3 Å². The topological polar surface area (TPSA) is 164 Å². The van der Waals surface area contributed by atoms with Crippen LogP contribution in [0.5, 0.6) is 11.5 Å². The molecule has 1 aliphatic heterocycles. The van der Waals surface area contributed by atoms with Crippen LogP contribution in [-0.4, -0.2) is 74.0 Å². The van der Waals surface area contributed by atoms with E-state index in [9.17, 15) is 28.4 Å². The van der Waals surface area contributed by atoms with E-state index >= 15 is 0 Å². The van der Waals surface area contributed by atoms with E-state index < -0.39 is 59.9 Å². The van der Waals surface area contributed by atoms with Crippen LogP contribution in [0, 0.1) is 11.7 Å². The molecule has 5 N–H and O–H groups in total. The Bertz CT molecular complexity index is 1590. The molecule has 5 amide bonds. The maximum Gasteiger partial charge on any atom is 0.255 e. The number of amides is 5. The molecule has 0 aliphatic carbocycles. The summed E-state index contributed by atoms with van der Waals surface area (Å²) < 4.78 is 24.6. The standard InChI is InChI=1S/C36H42FN5O7/c1-23(2)32-36(47)41-28(21-24-9-4-3-5-10-24)34(45)38-17-8-19-49-30-12-7-6-11-27(30)33(44)40-29(22-31(43)42-32)35(46)39-18-20-48-26-15-13-25(37)14-16-26/h3-7,9-16,23,28-29,32H,8,17-22H2,1-2H3,(H,38,45)(H,39,46)(H,40,44)(H,41,47)(H,42,43)/t28-,29-,32+/m0/s1. The second-order valence-corrected chi connectivity index (χ2v) is 11.9. The average Bonchev–Trinajstić information content (AvgIpc) is 3.09. The lowest BCUT2D eigenvalue weighted by molar-refractivity contribution is -0.133. The van der Waals surface area contributed by atoms with E-state index in [1.54, 1.807) is 32.0 Å². The van der Waals surface area contributed by atoms with E-state index in [1.807, 2.05) is 30.3 Å². The molecule has 1 aliphatic rings. The Kier molecular flexibility index (Phi) is 13.5. The van der Waals surface area contributed by atoms with Crippen LogP contribution in [0.2, 0.25) is 0 Å². The minimum absolute atomic E-state index is 0.0196. The van der Waals surface area contributed by atoms with E-state index in [4.69, 9.17) is 9.47 Å². The molecule has 1 heterocycles. The van der Waals surface area contributed by atoms with Crippen LogP contribution in [0.3, 0.4) is 0 Å². The Morgan fingerprint density at radius 1 is 0.918 bits per heavy atom. The molecular formula is C36H42FN5O7. The van der Waals surface area contributed by atoms with Gasteiger partial charge < -0.3 is 36.1 Å². The Balaban J connectivity index is 1.54. The molecule has 4 rings (SSSR count). The lowest BCUT2D eigenvalue weighted by Crippen LogP contribution is -2.57. The first-order valence-electron chi connectivity index (χ1n) is 16.2. The summed E-state index contributed by atoms with van der Waals surface area (Å²) in [6, 6.07) is 17.8. The van der Waals surface area contributed by atoms with Gasteiger partial charge >= 0.3 is 0 Å². The Hall–Kier alpha value is -5.46. The second-order valence-electron chi connectivity index (χ2n) is 11.9. The zero-order chi connectivity index (χ0) is 35.2. The van der Waals surface area contributed by atoms with Gasteiger partial charge in [0.25, 0.3) is 5.91 Å². The number of hydrogen-bond acceptors (Lipinski definition) is 7. The van der Waals surface area contributed by atoms with Crippen LogP contribution >= 0.6 is 0 Å². The van der Waals surface area contributed by atoms with Crippen molar-refractivity contribution in [1.29, 1.82) is 0 Å². The number of para-hydroxylation sites is 1. The normalized spacial score (nSPS) is 19.5. The highest BCUT2D eigenvalue weighted by Crippen LogP contribution is 2.19. The van der Waals surface area contributed by atoms with Crippen molar-refractivity contribution in [3.8, 4) is 11.5 Å². The smallest absolute Gasteiger partial charge is 0.255 e. The molecular weight excluding hydrogens is 633 g/mol. The van der Waals surface area contributed by atoms with E-state index in [-0.39, 0.29) is 50.0 Å². The molecule has 0 spiro atoms. The molecule has 3 aromatic rings. The quantitative estimate of drug-likeness (QED) is 0.229. The molecule has 0 saturated carbocycles. The SMILES string of the molecule is CC(C)[C@H]1NC(=O)C[C@@H](C(=O)NCCOc2ccc(F)cc2)NC(=O)c2ccccc2OCCCNC(=O)[C@H](Cc2ccccc2)NC1=O. The van der Waals surface area contributed by atoms with Crippen molar-refractivity contribution in [2.45, 2.75) is 51.2 Å². The van der Waals surface area contributed by atoms with Gasteiger partial charge in [0, 0.05) is 13.0 Å². The lowest BCUT2D eigenvalue weighted by atomic mass is 10.0. The number of rotatable bonds is 8. The summed E-state index contributed by atoms with van der Waals surface area (Å²) in [6.07, 6.45) is 0.132. The fourth-order valence-corrected chi connectivity index (χ4v) is 5.08. The summed E-state index contributed by atoms with van der Waals surface area (Å²) in [5.74, 6) is -3.09. The van der Waals surface area contributed by atoms with Crippen LogP contribution in [0.4, 0.5) is 4.39 Å². The van der Waals surface area contributed by atoms with Gasteiger partial charge in [0.05, 0.1) is 25.1 Å². The molecule has 49 heavy (non-hydrogen) atoms. The van der Waals surface area contributed by atoms with Gasteiger partial charge in [0.15, 0.2) is 0 Å². The first-order chi connectivity index (χ1) is 23.6. The molecule has 0 radical (unpaired) electrons. The fraction of sp³-hybridized carbons (Fsp3) is 0.361. The zero-order valence-electron chi connectivity index (χ0n) is 27.5. The monoisotopic (exact) mass is 675 g/mol. The van der Waals surface area contributed by atoms with Gasteiger partial charge in [-0.15, -0.1) is 0 Å². The first kappa shape index (κ1) is 36.4. The molecule has 3 atom stereocenters. The minimum Gasteiger partial charge on any atom is -0.493 e. The number of halogens is 1. The van der Waals surface area contributed by atoms with Crippen LogP contribution in [-0.2, 0) is 25.6 Å². The Morgan fingerprint density at radius 3 is 2.37 bits per heavy atom. The third kappa shape index (κ3) is 11.3. The van der Waals surface area contributed by atoms with Crippen molar-refractivity contribution in [3.63, 3.8) is 0 Å². The van der Waals surface area contributed by atoms with Crippen molar-refractivity contribution in [2.75, 3.05) is 26.3 Å². The molecule has 12 nitrogen and oxygen atoms in total. The van der Waals surface area contributed by atoms with Crippen LogP contribution < -0.4 is 36.1 Å². The van der Waals surface area contributed by atoms with Crippen LogP contribution in [0.1, 0.15) is 42.6 Å². The number of ether oxygens (including phenoxy) is 2. The first-order valence-corrected chi connectivity index (χ1v) is 16.2. The van der Waals surface area contributed by atoms with Crippen molar-refractivity contribution in [1.82, 2.24) is 26.6 Å². The molecule has 0 aromatic heterocycles. The van der Waals surface area contributed by atoms with Crippen molar-refractivity contribution >= 4 is 29.5 Å². The maximum atomic E-state index is 13.5. The van der Waals surface area contributed by atoms with Crippen LogP contribution in [0.15, 0.2) is 78.9 Å². The van der Waals surface area contributed by atoms with Crippen molar-refractivity contribution in [2.24, 2.45) is 5.92 Å². The van der Waals surface area contributed by atoms with Gasteiger partial charge in [-0.05, 0) is 54.3 Å². The van der Waals surface area contributed by atoms with Gasteiger partial charge in [-0.2, -0.15) is 0 Å².